The van der Waals surface area contributed by atoms with Crippen LogP contribution in [0.3, 0.4) is 0 Å². The standard InChI is InChI=1S/C19H14N4O2/c24-18-11-17(25-15-9-5-2-6-10-15)16(19-20-13-21-22-19)12-23(18)14-7-3-1-4-8-14/h1-13H,(H,20,21,22). The molecule has 0 unspecified atom stereocenters. The molecule has 1 N–H and O–H groups in total. The zero-order valence-electron chi connectivity index (χ0n) is 13.2. The number of nitrogens with zero attached hydrogens (tertiary/aromatic N) is 3. The molecule has 2 aromatic carbocycles. The van der Waals surface area contributed by atoms with E-state index in [2.05, 4.69) is 15.2 Å². The van der Waals surface area contributed by atoms with Crippen molar-refractivity contribution in [2.75, 3.05) is 0 Å². The Balaban J connectivity index is 1.87. The van der Waals surface area contributed by atoms with E-state index in [9.17, 15) is 4.79 Å². The van der Waals surface area contributed by atoms with E-state index in [1.165, 1.54) is 12.4 Å². The third-order valence-corrected chi connectivity index (χ3v) is 3.68. The van der Waals surface area contributed by atoms with Crippen LogP contribution in [0.2, 0.25) is 0 Å². The third-order valence-electron chi connectivity index (χ3n) is 3.68. The first-order chi connectivity index (χ1) is 12.3. The summed E-state index contributed by atoms with van der Waals surface area (Å²) in [5.41, 5.74) is 1.18. The van der Waals surface area contributed by atoms with E-state index in [1.54, 1.807) is 10.8 Å². The Morgan fingerprint density at radius 2 is 1.68 bits per heavy atom. The number of aromatic nitrogens is 4. The van der Waals surface area contributed by atoms with Crippen LogP contribution < -0.4 is 10.3 Å². The number of nitrogens with one attached hydrogen (secondary N) is 1. The van der Waals surface area contributed by atoms with Crippen LogP contribution in [0.4, 0.5) is 0 Å². The van der Waals surface area contributed by atoms with Crippen molar-refractivity contribution in [2.24, 2.45) is 0 Å². The van der Waals surface area contributed by atoms with Crippen LogP contribution in [0.15, 0.2) is 84.0 Å². The molecule has 2 aromatic heterocycles. The molecule has 0 radical (unpaired) electrons. The number of pyridine rings is 1. The van der Waals surface area contributed by atoms with Crippen molar-refractivity contribution in [3.05, 3.63) is 89.6 Å². The van der Waals surface area contributed by atoms with Gasteiger partial charge in [-0.25, -0.2) is 4.98 Å². The minimum absolute atomic E-state index is 0.198. The molecule has 0 bridgehead atoms. The van der Waals surface area contributed by atoms with E-state index >= 15 is 0 Å². The van der Waals surface area contributed by atoms with E-state index in [-0.39, 0.29) is 5.56 Å². The summed E-state index contributed by atoms with van der Waals surface area (Å²) in [6, 6.07) is 20.1. The molecular weight excluding hydrogens is 316 g/mol. The van der Waals surface area contributed by atoms with Crippen LogP contribution in [0.5, 0.6) is 11.5 Å². The van der Waals surface area contributed by atoms with Gasteiger partial charge in [0.15, 0.2) is 5.82 Å². The van der Waals surface area contributed by atoms with E-state index in [4.69, 9.17) is 4.74 Å². The summed E-state index contributed by atoms with van der Waals surface area (Å²) in [7, 11) is 0. The molecule has 25 heavy (non-hydrogen) atoms. The van der Waals surface area contributed by atoms with Crippen LogP contribution in [0, 0.1) is 0 Å². The first-order valence-corrected chi connectivity index (χ1v) is 7.72. The maximum Gasteiger partial charge on any atom is 0.258 e. The zero-order valence-corrected chi connectivity index (χ0v) is 13.2. The lowest BCUT2D eigenvalue weighted by Crippen LogP contribution is -2.17. The lowest BCUT2D eigenvalue weighted by molar-refractivity contribution is 0.482. The first kappa shape index (κ1) is 14.9. The number of para-hydroxylation sites is 2. The fourth-order valence-electron chi connectivity index (χ4n) is 2.51. The van der Waals surface area contributed by atoms with Crippen LogP contribution in [-0.4, -0.2) is 19.7 Å². The van der Waals surface area contributed by atoms with Gasteiger partial charge in [-0.1, -0.05) is 36.4 Å². The van der Waals surface area contributed by atoms with Crippen molar-refractivity contribution in [3.63, 3.8) is 0 Å². The summed E-state index contributed by atoms with van der Waals surface area (Å²) >= 11 is 0. The molecule has 0 atom stereocenters. The number of H-pyrrole nitrogens is 1. The highest BCUT2D eigenvalue weighted by Gasteiger charge is 2.15. The van der Waals surface area contributed by atoms with Crippen LogP contribution >= 0.6 is 0 Å². The predicted molar refractivity (Wildman–Crippen MR) is 93.9 cm³/mol. The van der Waals surface area contributed by atoms with E-state index in [1.807, 2.05) is 60.7 Å². The topological polar surface area (TPSA) is 72.8 Å². The summed E-state index contributed by atoms with van der Waals surface area (Å²) in [4.78, 5) is 16.8. The number of rotatable bonds is 4. The Bertz CT molecular complexity index is 1030. The van der Waals surface area contributed by atoms with Gasteiger partial charge in [-0.2, -0.15) is 5.10 Å². The highest BCUT2D eigenvalue weighted by molar-refractivity contribution is 5.64. The summed E-state index contributed by atoms with van der Waals surface area (Å²) < 4.78 is 7.44. The SMILES string of the molecule is O=c1cc(Oc2ccccc2)c(-c2nc[nH]n2)cn1-c1ccccc1. The fraction of sp³-hybridized carbons (Fsp3) is 0. The van der Waals surface area contributed by atoms with Crippen LogP contribution in [0.1, 0.15) is 0 Å². The fourth-order valence-corrected chi connectivity index (χ4v) is 2.51. The first-order valence-electron chi connectivity index (χ1n) is 7.72. The molecule has 0 aliphatic rings. The van der Waals surface area contributed by atoms with Crippen LogP contribution in [-0.2, 0) is 0 Å². The third kappa shape index (κ3) is 3.05. The van der Waals surface area contributed by atoms with Gasteiger partial charge in [0.25, 0.3) is 5.56 Å². The number of hydrogen-bond donors (Lipinski definition) is 1. The second kappa shape index (κ2) is 6.45. The molecule has 6 heteroatoms. The van der Waals surface area contributed by atoms with Crippen LogP contribution in [0.25, 0.3) is 17.1 Å². The zero-order chi connectivity index (χ0) is 17.1. The maximum absolute atomic E-state index is 12.6. The van der Waals surface area contributed by atoms with Gasteiger partial charge >= 0.3 is 0 Å². The van der Waals surface area contributed by atoms with E-state index in [0.29, 0.717) is 22.9 Å². The summed E-state index contributed by atoms with van der Waals surface area (Å²) in [6.45, 7) is 0. The Labute approximate surface area is 143 Å². The molecular formula is C19H14N4O2. The van der Waals surface area contributed by atoms with Crippen molar-refractivity contribution < 1.29 is 4.74 Å². The number of aromatic amines is 1. The monoisotopic (exact) mass is 330 g/mol. The molecule has 0 aliphatic carbocycles. The smallest absolute Gasteiger partial charge is 0.258 e. The molecule has 0 amide bonds. The van der Waals surface area contributed by atoms with Gasteiger partial charge in [0.1, 0.15) is 17.8 Å². The summed E-state index contributed by atoms with van der Waals surface area (Å²) in [6.07, 6.45) is 3.18. The average Bonchev–Trinajstić information content (AvgIpc) is 3.18. The second-order valence-electron chi connectivity index (χ2n) is 5.33. The van der Waals surface area contributed by atoms with E-state index in [0.717, 1.165) is 5.69 Å². The largest absolute Gasteiger partial charge is 0.456 e. The average molecular weight is 330 g/mol. The lowest BCUT2D eigenvalue weighted by Gasteiger charge is -2.12. The minimum Gasteiger partial charge on any atom is -0.456 e. The van der Waals surface area contributed by atoms with E-state index < -0.39 is 0 Å². The number of ether oxygens (including phenoxy) is 1. The summed E-state index contributed by atoms with van der Waals surface area (Å²) in [5, 5.41) is 6.81. The van der Waals surface area contributed by atoms with Gasteiger partial charge in [0, 0.05) is 18.0 Å². The van der Waals surface area contributed by atoms with Gasteiger partial charge in [-0.05, 0) is 24.3 Å². The highest BCUT2D eigenvalue weighted by Crippen LogP contribution is 2.30. The normalized spacial score (nSPS) is 10.6. The van der Waals surface area contributed by atoms with Crippen molar-refractivity contribution in [3.8, 4) is 28.6 Å². The number of benzene rings is 2. The van der Waals surface area contributed by atoms with Gasteiger partial charge in [-0.15, -0.1) is 0 Å². The Kier molecular flexibility index (Phi) is 3.84. The predicted octanol–water partition coefficient (Wildman–Crippen LogP) is 3.41. The van der Waals surface area contributed by atoms with Gasteiger partial charge < -0.3 is 4.74 Å². The van der Waals surface area contributed by atoms with Gasteiger partial charge in [-0.3, -0.25) is 14.5 Å². The van der Waals surface area contributed by atoms with Crippen molar-refractivity contribution >= 4 is 0 Å². The molecule has 2 heterocycles. The Morgan fingerprint density at radius 3 is 2.36 bits per heavy atom. The van der Waals surface area contributed by atoms with Crippen molar-refractivity contribution in [1.82, 2.24) is 19.7 Å². The molecule has 122 valence electrons. The van der Waals surface area contributed by atoms with Crippen molar-refractivity contribution in [2.45, 2.75) is 0 Å². The molecule has 0 saturated carbocycles. The molecule has 4 aromatic rings. The lowest BCUT2D eigenvalue weighted by atomic mass is 10.2. The highest BCUT2D eigenvalue weighted by atomic mass is 16.5. The molecule has 0 aliphatic heterocycles. The molecule has 0 spiro atoms. The van der Waals surface area contributed by atoms with Gasteiger partial charge in [0.05, 0.1) is 5.56 Å². The quantitative estimate of drug-likeness (QED) is 0.622. The van der Waals surface area contributed by atoms with Crippen molar-refractivity contribution in [1.29, 1.82) is 0 Å². The summed E-state index contributed by atoms with van der Waals surface area (Å²) in [5.74, 6) is 1.50. The molecule has 6 nitrogen and oxygen atoms in total. The Hall–Kier alpha value is -3.67. The maximum atomic E-state index is 12.6. The Morgan fingerprint density at radius 1 is 0.960 bits per heavy atom. The minimum atomic E-state index is -0.198. The molecule has 4 rings (SSSR count). The number of hydrogen-bond acceptors (Lipinski definition) is 4. The van der Waals surface area contributed by atoms with Gasteiger partial charge in [0.2, 0.25) is 0 Å². The molecule has 0 saturated heterocycles. The molecule has 0 fully saturated rings. The second-order valence-corrected chi connectivity index (χ2v) is 5.33.